The molecule has 0 radical (unpaired) electrons. The van der Waals surface area contributed by atoms with Crippen molar-refractivity contribution in [3.8, 4) is 0 Å². The quantitative estimate of drug-likeness (QED) is 0.856. The average molecular weight is 274 g/mol. The second kappa shape index (κ2) is 7.80. The molecule has 1 saturated carbocycles. The fourth-order valence-electron chi connectivity index (χ4n) is 3.45. The summed E-state index contributed by atoms with van der Waals surface area (Å²) in [6.07, 6.45) is 5.19. The maximum Gasteiger partial charge on any atom is 0.0248 e. The van der Waals surface area contributed by atoms with Gasteiger partial charge in [0.1, 0.15) is 0 Å². The first-order chi connectivity index (χ1) is 9.70. The molecule has 2 rings (SSSR count). The van der Waals surface area contributed by atoms with Crippen molar-refractivity contribution in [1.29, 1.82) is 0 Å². The van der Waals surface area contributed by atoms with E-state index in [0.717, 1.165) is 25.4 Å². The van der Waals surface area contributed by atoms with E-state index in [0.29, 0.717) is 12.1 Å². The van der Waals surface area contributed by atoms with E-state index in [4.69, 9.17) is 0 Å². The second-order valence-corrected chi connectivity index (χ2v) is 6.37. The van der Waals surface area contributed by atoms with Gasteiger partial charge >= 0.3 is 0 Å². The van der Waals surface area contributed by atoms with Crippen molar-refractivity contribution in [1.82, 2.24) is 10.2 Å². The number of benzene rings is 1. The van der Waals surface area contributed by atoms with Gasteiger partial charge in [-0.25, -0.2) is 0 Å². The lowest BCUT2D eigenvalue weighted by molar-refractivity contribution is 0.126. The fraction of sp³-hybridized carbons (Fsp3) is 0.667. The molecule has 1 aromatic carbocycles. The molecule has 0 heterocycles. The molecule has 0 bridgehead atoms. The maximum atomic E-state index is 3.69. The van der Waals surface area contributed by atoms with Gasteiger partial charge in [-0.2, -0.15) is 0 Å². The molecule has 0 spiro atoms. The smallest absolute Gasteiger partial charge is 0.0248 e. The van der Waals surface area contributed by atoms with Gasteiger partial charge in [0, 0.05) is 18.6 Å². The molecule has 112 valence electrons. The Morgan fingerprint density at radius 3 is 2.65 bits per heavy atom. The average Bonchev–Trinajstić information content (AvgIpc) is 2.48. The maximum absolute atomic E-state index is 3.69. The molecule has 0 amide bonds. The highest BCUT2D eigenvalue weighted by Crippen LogP contribution is 2.27. The van der Waals surface area contributed by atoms with Crippen molar-refractivity contribution >= 4 is 0 Å². The molecule has 1 aromatic rings. The molecule has 0 aliphatic heterocycles. The Bertz CT molecular complexity index is 376. The second-order valence-electron chi connectivity index (χ2n) is 6.37. The van der Waals surface area contributed by atoms with Gasteiger partial charge < -0.3 is 10.2 Å². The topological polar surface area (TPSA) is 15.3 Å². The van der Waals surface area contributed by atoms with Crippen LogP contribution in [0.2, 0.25) is 0 Å². The van der Waals surface area contributed by atoms with Crippen molar-refractivity contribution in [2.24, 2.45) is 5.92 Å². The highest BCUT2D eigenvalue weighted by atomic mass is 15.2. The third-order valence-corrected chi connectivity index (χ3v) is 4.71. The van der Waals surface area contributed by atoms with Crippen molar-refractivity contribution in [3.63, 3.8) is 0 Å². The molecule has 2 heteroatoms. The van der Waals surface area contributed by atoms with Crippen LogP contribution >= 0.6 is 0 Å². The lowest BCUT2D eigenvalue weighted by atomic mass is 9.82. The van der Waals surface area contributed by atoms with Crippen molar-refractivity contribution < 1.29 is 0 Å². The highest BCUT2D eigenvalue weighted by Gasteiger charge is 2.30. The van der Waals surface area contributed by atoms with Crippen molar-refractivity contribution in [3.05, 3.63) is 35.9 Å². The summed E-state index contributed by atoms with van der Waals surface area (Å²) in [5, 5.41) is 3.69. The van der Waals surface area contributed by atoms with E-state index in [2.05, 4.69) is 61.4 Å². The number of nitrogens with one attached hydrogen (secondary N) is 1. The van der Waals surface area contributed by atoms with Gasteiger partial charge in [0.05, 0.1) is 0 Å². The van der Waals surface area contributed by atoms with Crippen LogP contribution in [0.1, 0.15) is 38.7 Å². The summed E-state index contributed by atoms with van der Waals surface area (Å²) in [7, 11) is 2.30. The van der Waals surface area contributed by atoms with Gasteiger partial charge in [0.2, 0.25) is 0 Å². The number of likely N-dealkylation sites (N-methyl/N-ethyl adjacent to an activating group) is 2. The van der Waals surface area contributed by atoms with E-state index < -0.39 is 0 Å². The number of nitrogens with zero attached hydrogens (tertiary/aromatic N) is 1. The van der Waals surface area contributed by atoms with E-state index in [9.17, 15) is 0 Å². The summed E-state index contributed by atoms with van der Waals surface area (Å²) >= 11 is 0. The Morgan fingerprint density at radius 1 is 1.20 bits per heavy atom. The van der Waals surface area contributed by atoms with E-state index in [1.54, 1.807) is 0 Å². The SMILES string of the molecule is CCNC1CCC(C)CC1N(C)CCc1ccccc1. The lowest BCUT2D eigenvalue weighted by Crippen LogP contribution is -2.52. The molecular weight excluding hydrogens is 244 g/mol. The standard InChI is InChI=1S/C18H30N2/c1-4-19-17-11-10-15(2)14-18(17)20(3)13-12-16-8-6-5-7-9-16/h5-9,15,17-19H,4,10-14H2,1-3H3. The lowest BCUT2D eigenvalue weighted by Gasteiger charge is -2.41. The summed E-state index contributed by atoms with van der Waals surface area (Å²) in [4.78, 5) is 2.58. The largest absolute Gasteiger partial charge is 0.313 e. The Kier molecular flexibility index (Phi) is 6.06. The fourth-order valence-corrected chi connectivity index (χ4v) is 3.45. The summed E-state index contributed by atoms with van der Waals surface area (Å²) in [5.41, 5.74) is 1.45. The zero-order valence-corrected chi connectivity index (χ0v) is 13.3. The third-order valence-electron chi connectivity index (χ3n) is 4.71. The van der Waals surface area contributed by atoms with Gasteiger partial charge in [-0.15, -0.1) is 0 Å². The summed E-state index contributed by atoms with van der Waals surface area (Å²) in [6.45, 7) is 6.87. The van der Waals surface area contributed by atoms with E-state index >= 15 is 0 Å². The first kappa shape index (κ1) is 15.5. The molecule has 1 aliphatic carbocycles. The number of hydrogen-bond donors (Lipinski definition) is 1. The van der Waals surface area contributed by atoms with E-state index in [1.165, 1.54) is 24.8 Å². The Labute approximate surface area is 124 Å². The van der Waals surface area contributed by atoms with Crippen LogP contribution in [0.4, 0.5) is 0 Å². The monoisotopic (exact) mass is 274 g/mol. The third kappa shape index (κ3) is 4.32. The minimum atomic E-state index is 0.678. The molecule has 20 heavy (non-hydrogen) atoms. The Balaban J connectivity index is 1.89. The van der Waals surface area contributed by atoms with Crippen molar-refractivity contribution in [2.45, 2.75) is 51.6 Å². The number of rotatable bonds is 6. The summed E-state index contributed by atoms with van der Waals surface area (Å²) in [6, 6.07) is 12.2. The van der Waals surface area contributed by atoms with Gasteiger partial charge in [0.25, 0.3) is 0 Å². The highest BCUT2D eigenvalue weighted by molar-refractivity contribution is 5.14. The molecule has 1 aliphatic rings. The summed E-state index contributed by atoms with van der Waals surface area (Å²) in [5.74, 6) is 0.870. The minimum absolute atomic E-state index is 0.678. The first-order valence-corrected chi connectivity index (χ1v) is 8.18. The molecule has 0 aromatic heterocycles. The Hall–Kier alpha value is -0.860. The predicted molar refractivity (Wildman–Crippen MR) is 87.0 cm³/mol. The van der Waals surface area contributed by atoms with Crippen LogP contribution in [0.5, 0.6) is 0 Å². The zero-order valence-electron chi connectivity index (χ0n) is 13.3. The van der Waals surface area contributed by atoms with Crippen LogP contribution in [0.25, 0.3) is 0 Å². The van der Waals surface area contributed by atoms with Gasteiger partial charge in [-0.1, -0.05) is 44.2 Å². The van der Waals surface area contributed by atoms with Gasteiger partial charge in [-0.3, -0.25) is 0 Å². The number of hydrogen-bond acceptors (Lipinski definition) is 2. The zero-order chi connectivity index (χ0) is 14.4. The van der Waals surface area contributed by atoms with E-state index in [-0.39, 0.29) is 0 Å². The van der Waals surface area contributed by atoms with Crippen LogP contribution < -0.4 is 5.32 Å². The van der Waals surface area contributed by atoms with Crippen molar-refractivity contribution in [2.75, 3.05) is 20.1 Å². The predicted octanol–water partition coefficient (Wildman–Crippen LogP) is 3.33. The molecule has 3 atom stereocenters. The first-order valence-electron chi connectivity index (χ1n) is 8.18. The minimum Gasteiger partial charge on any atom is -0.313 e. The van der Waals surface area contributed by atoms with Gasteiger partial charge in [0.15, 0.2) is 0 Å². The Morgan fingerprint density at radius 2 is 1.95 bits per heavy atom. The van der Waals surface area contributed by atoms with E-state index in [1.807, 2.05) is 0 Å². The normalized spacial score (nSPS) is 26.9. The molecular formula is C18H30N2. The molecule has 0 saturated heterocycles. The van der Waals surface area contributed by atoms with Crippen LogP contribution in [-0.4, -0.2) is 37.1 Å². The van der Waals surface area contributed by atoms with Crippen LogP contribution in [-0.2, 0) is 6.42 Å². The van der Waals surface area contributed by atoms with Crippen LogP contribution in [0.15, 0.2) is 30.3 Å². The molecule has 2 nitrogen and oxygen atoms in total. The molecule has 1 N–H and O–H groups in total. The van der Waals surface area contributed by atoms with Crippen LogP contribution in [0, 0.1) is 5.92 Å². The molecule has 1 fully saturated rings. The van der Waals surface area contributed by atoms with Crippen LogP contribution in [0.3, 0.4) is 0 Å². The van der Waals surface area contributed by atoms with Gasteiger partial charge in [-0.05, 0) is 50.8 Å². The summed E-state index contributed by atoms with van der Waals surface area (Å²) < 4.78 is 0. The molecule has 3 unspecified atom stereocenters.